The fourth-order valence-electron chi connectivity index (χ4n) is 3.71. The number of carbonyl (C=O) groups excluding carboxylic acids is 1. The lowest BCUT2D eigenvalue weighted by Gasteiger charge is -2.16. The molecule has 0 bridgehead atoms. The lowest BCUT2D eigenvalue weighted by Crippen LogP contribution is -2.22. The van der Waals surface area contributed by atoms with E-state index in [-0.39, 0.29) is 6.04 Å². The van der Waals surface area contributed by atoms with Gasteiger partial charge in [0.15, 0.2) is 0 Å². The zero-order chi connectivity index (χ0) is 23.4. The molecule has 0 amide bonds. The van der Waals surface area contributed by atoms with E-state index < -0.39 is 8.07 Å². The predicted molar refractivity (Wildman–Crippen MR) is 136 cm³/mol. The van der Waals surface area contributed by atoms with Gasteiger partial charge in [-0.1, -0.05) is 47.7 Å². The third-order valence-corrected chi connectivity index (χ3v) is 7.73. The van der Waals surface area contributed by atoms with Gasteiger partial charge < -0.3 is 14.1 Å². The van der Waals surface area contributed by atoms with Gasteiger partial charge in [0, 0.05) is 48.9 Å². The first-order valence-corrected chi connectivity index (χ1v) is 15.5. The van der Waals surface area contributed by atoms with E-state index in [4.69, 9.17) is 4.74 Å². The van der Waals surface area contributed by atoms with E-state index in [9.17, 15) is 4.79 Å². The maximum Gasteiger partial charge on any atom is 0.145 e. The van der Waals surface area contributed by atoms with E-state index in [0.717, 1.165) is 51.3 Å². The van der Waals surface area contributed by atoms with Crippen LogP contribution >= 0.6 is 15.9 Å². The SMILES string of the molecule is C[Si](C)(C)CCOCn1ccc2c(-c3cnn(C(CC=O)c4cccc(Br)c4)c3)ncnc21. The quantitative estimate of drug-likeness (QED) is 0.154. The van der Waals surface area contributed by atoms with Gasteiger partial charge in [-0.15, -0.1) is 0 Å². The van der Waals surface area contributed by atoms with Gasteiger partial charge in [0.2, 0.25) is 0 Å². The number of halogens is 1. The van der Waals surface area contributed by atoms with Gasteiger partial charge in [0.1, 0.15) is 25.0 Å². The fraction of sp³-hybridized carbons (Fsp3) is 0.333. The Morgan fingerprint density at radius 3 is 2.82 bits per heavy atom. The summed E-state index contributed by atoms with van der Waals surface area (Å²) in [6, 6.07) is 10.9. The minimum Gasteiger partial charge on any atom is -0.361 e. The Labute approximate surface area is 203 Å². The molecule has 9 heteroatoms. The van der Waals surface area contributed by atoms with Crippen molar-refractivity contribution in [3.63, 3.8) is 0 Å². The Bertz CT molecular complexity index is 1250. The molecule has 0 spiro atoms. The van der Waals surface area contributed by atoms with Crippen LogP contribution in [0.3, 0.4) is 0 Å². The Kier molecular flexibility index (Phi) is 7.21. The Morgan fingerprint density at radius 2 is 2.06 bits per heavy atom. The van der Waals surface area contributed by atoms with Gasteiger partial charge in [0.05, 0.1) is 17.9 Å². The summed E-state index contributed by atoms with van der Waals surface area (Å²) >= 11 is 3.51. The highest BCUT2D eigenvalue weighted by Crippen LogP contribution is 2.29. The summed E-state index contributed by atoms with van der Waals surface area (Å²) in [5.74, 6) is 0. The van der Waals surface area contributed by atoms with E-state index in [1.165, 1.54) is 0 Å². The molecule has 0 aliphatic carbocycles. The van der Waals surface area contributed by atoms with E-state index in [2.05, 4.69) is 50.6 Å². The van der Waals surface area contributed by atoms with Gasteiger partial charge in [-0.05, 0) is 29.8 Å². The average molecular weight is 527 g/mol. The van der Waals surface area contributed by atoms with Crippen LogP contribution in [-0.2, 0) is 16.3 Å². The molecule has 1 atom stereocenters. The normalized spacial score (nSPS) is 12.8. The van der Waals surface area contributed by atoms with Crippen LogP contribution in [0, 0.1) is 0 Å². The molecular formula is C24H28BrN5O2Si. The maximum atomic E-state index is 11.4. The van der Waals surface area contributed by atoms with Crippen molar-refractivity contribution < 1.29 is 9.53 Å². The lowest BCUT2D eigenvalue weighted by atomic mass is 10.0. The first-order valence-electron chi connectivity index (χ1n) is 11.0. The summed E-state index contributed by atoms with van der Waals surface area (Å²) in [4.78, 5) is 20.4. The van der Waals surface area contributed by atoms with Crippen molar-refractivity contribution in [2.75, 3.05) is 6.61 Å². The van der Waals surface area contributed by atoms with Gasteiger partial charge in [-0.3, -0.25) is 4.68 Å². The fourth-order valence-corrected chi connectivity index (χ4v) is 4.89. The second kappa shape index (κ2) is 10.1. The van der Waals surface area contributed by atoms with E-state index in [0.29, 0.717) is 13.2 Å². The predicted octanol–water partition coefficient (Wildman–Crippen LogP) is 5.55. The Morgan fingerprint density at radius 1 is 1.21 bits per heavy atom. The van der Waals surface area contributed by atoms with Crippen molar-refractivity contribution in [3.8, 4) is 11.3 Å². The first-order chi connectivity index (χ1) is 15.9. The summed E-state index contributed by atoms with van der Waals surface area (Å²) < 4.78 is 10.7. The molecule has 1 aromatic carbocycles. The van der Waals surface area contributed by atoms with Crippen LogP contribution in [0.4, 0.5) is 0 Å². The summed E-state index contributed by atoms with van der Waals surface area (Å²) in [5.41, 5.74) is 3.54. The molecule has 0 aliphatic heterocycles. The number of hydrogen-bond acceptors (Lipinski definition) is 5. The second-order valence-electron chi connectivity index (χ2n) is 9.28. The van der Waals surface area contributed by atoms with Gasteiger partial charge in [-0.2, -0.15) is 5.10 Å². The number of hydrogen-bond donors (Lipinski definition) is 0. The molecule has 0 N–H and O–H groups in total. The molecule has 0 saturated heterocycles. The van der Waals surface area contributed by atoms with Crippen molar-refractivity contribution in [1.82, 2.24) is 24.3 Å². The number of aromatic nitrogens is 5. The maximum absolute atomic E-state index is 11.4. The minimum absolute atomic E-state index is 0.185. The van der Waals surface area contributed by atoms with E-state index >= 15 is 0 Å². The van der Waals surface area contributed by atoms with Gasteiger partial charge in [0.25, 0.3) is 0 Å². The number of rotatable bonds is 10. The monoisotopic (exact) mass is 525 g/mol. The smallest absolute Gasteiger partial charge is 0.145 e. The van der Waals surface area contributed by atoms with Crippen LogP contribution in [0.15, 0.2) is 59.7 Å². The molecular weight excluding hydrogens is 498 g/mol. The summed E-state index contributed by atoms with van der Waals surface area (Å²) in [7, 11) is -1.12. The molecule has 0 aliphatic rings. The number of ether oxygens (including phenoxy) is 1. The zero-order valence-electron chi connectivity index (χ0n) is 19.1. The molecule has 0 radical (unpaired) electrons. The molecule has 3 aromatic heterocycles. The number of aldehydes is 1. The second-order valence-corrected chi connectivity index (χ2v) is 15.8. The topological polar surface area (TPSA) is 74.8 Å². The van der Waals surface area contributed by atoms with Crippen LogP contribution in [0.1, 0.15) is 18.0 Å². The van der Waals surface area contributed by atoms with Crippen LogP contribution in [0.2, 0.25) is 25.7 Å². The Balaban J connectivity index is 1.58. The molecule has 1 unspecified atom stereocenters. The third-order valence-electron chi connectivity index (χ3n) is 5.53. The van der Waals surface area contributed by atoms with E-state index in [1.807, 2.05) is 52.0 Å². The number of carbonyl (C=O) groups is 1. The molecule has 33 heavy (non-hydrogen) atoms. The summed E-state index contributed by atoms with van der Waals surface area (Å²) in [6.07, 6.45) is 8.56. The van der Waals surface area contributed by atoms with Crippen molar-refractivity contribution in [1.29, 1.82) is 0 Å². The average Bonchev–Trinajstić information content (AvgIpc) is 3.42. The van der Waals surface area contributed by atoms with Crippen molar-refractivity contribution >= 4 is 41.3 Å². The highest BCUT2D eigenvalue weighted by molar-refractivity contribution is 9.10. The van der Waals surface area contributed by atoms with Crippen LogP contribution in [0.5, 0.6) is 0 Å². The number of benzene rings is 1. The summed E-state index contributed by atoms with van der Waals surface area (Å²) in [6.45, 7) is 8.26. The lowest BCUT2D eigenvalue weighted by molar-refractivity contribution is -0.108. The highest BCUT2D eigenvalue weighted by Gasteiger charge is 2.18. The molecule has 172 valence electrons. The Hall–Kier alpha value is -2.62. The van der Waals surface area contributed by atoms with Crippen molar-refractivity contribution in [3.05, 3.63) is 65.3 Å². The molecule has 0 saturated carbocycles. The third kappa shape index (κ3) is 5.66. The standard InChI is InChI=1S/C24H28BrN5O2Si/c1-33(2,3)12-11-32-17-29-9-7-21-23(26-16-27-24(21)29)19-14-28-30(15-19)22(8-10-31)18-5-4-6-20(25)13-18/h4-7,9-10,13-16,22H,8,11-12,17H2,1-3H3. The minimum atomic E-state index is -1.12. The summed E-state index contributed by atoms with van der Waals surface area (Å²) in [5, 5.41) is 5.51. The van der Waals surface area contributed by atoms with Crippen molar-refractivity contribution in [2.24, 2.45) is 0 Å². The zero-order valence-corrected chi connectivity index (χ0v) is 21.7. The number of nitrogens with zero attached hydrogens (tertiary/aromatic N) is 5. The molecule has 4 rings (SSSR count). The van der Waals surface area contributed by atoms with Crippen LogP contribution in [0.25, 0.3) is 22.3 Å². The van der Waals surface area contributed by atoms with Crippen LogP contribution in [-0.4, -0.2) is 45.3 Å². The molecule has 0 fully saturated rings. The van der Waals surface area contributed by atoms with E-state index in [1.54, 1.807) is 12.5 Å². The van der Waals surface area contributed by atoms with Crippen LogP contribution < -0.4 is 0 Å². The molecule has 4 aromatic rings. The first kappa shape index (κ1) is 23.5. The van der Waals surface area contributed by atoms with Crippen molar-refractivity contribution in [2.45, 2.75) is 44.9 Å². The highest BCUT2D eigenvalue weighted by atomic mass is 79.9. The number of fused-ring (bicyclic) bond motifs is 1. The molecule has 7 nitrogen and oxygen atoms in total. The van der Waals surface area contributed by atoms with Gasteiger partial charge in [-0.25, -0.2) is 9.97 Å². The largest absolute Gasteiger partial charge is 0.361 e. The molecule has 3 heterocycles. The van der Waals surface area contributed by atoms with Gasteiger partial charge >= 0.3 is 0 Å².